The Bertz CT molecular complexity index is 347. The molecule has 5 heteroatoms. The van der Waals surface area contributed by atoms with Crippen LogP contribution in [-0.4, -0.2) is 34.8 Å². The number of nitrogens with zero attached hydrogens (tertiary/aromatic N) is 3. The van der Waals surface area contributed by atoms with Crippen LogP contribution < -0.4 is 5.32 Å². The topological polar surface area (TPSA) is 52.0 Å². The number of hydrogen-bond acceptors (Lipinski definition) is 4. The van der Waals surface area contributed by atoms with E-state index in [1.54, 1.807) is 6.08 Å². The number of hydrogen-bond donors (Lipinski definition) is 1. The highest BCUT2D eigenvalue weighted by Gasteiger charge is 2.24. The SMILES string of the molecule is C=CCOCC1CNCc2nnn(C)c21. The van der Waals surface area contributed by atoms with Crippen molar-refractivity contribution in [3.63, 3.8) is 0 Å². The average Bonchev–Trinajstić information content (AvgIpc) is 2.62. The van der Waals surface area contributed by atoms with E-state index in [0.29, 0.717) is 19.1 Å². The molecular formula is C10H16N4O. The molecule has 2 heterocycles. The lowest BCUT2D eigenvalue weighted by atomic mass is 10.0. The van der Waals surface area contributed by atoms with E-state index < -0.39 is 0 Å². The smallest absolute Gasteiger partial charge is 0.100 e. The van der Waals surface area contributed by atoms with Crippen LogP contribution >= 0.6 is 0 Å². The lowest BCUT2D eigenvalue weighted by Gasteiger charge is -2.22. The van der Waals surface area contributed by atoms with Crippen molar-refractivity contribution < 1.29 is 4.74 Å². The van der Waals surface area contributed by atoms with Crippen LogP contribution in [0.2, 0.25) is 0 Å². The summed E-state index contributed by atoms with van der Waals surface area (Å²) in [5.74, 6) is 0.341. The fourth-order valence-corrected chi connectivity index (χ4v) is 1.93. The van der Waals surface area contributed by atoms with Crippen molar-refractivity contribution in [1.82, 2.24) is 20.3 Å². The van der Waals surface area contributed by atoms with Gasteiger partial charge in [-0.1, -0.05) is 11.3 Å². The number of rotatable bonds is 4. The number of fused-ring (bicyclic) bond motifs is 1. The van der Waals surface area contributed by atoms with Crippen LogP contribution in [0.4, 0.5) is 0 Å². The molecule has 0 spiro atoms. The van der Waals surface area contributed by atoms with Crippen LogP contribution in [-0.2, 0) is 18.3 Å². The van der Waals surface area contributed by atoms with Gasteiger partial charge in [-0.15, -0.1) is 11.7 Å². The molecule has 0 saturated carbocycles. The summed E-state index contributed by atoms with van der Waals surface area (Å²) in [6, 6.07) is 0. The predicted octanol–water partition coefficient (Wildman–Crippen LogP) is 0.204. The van der Waals surface area contributed by atoms with E-state index >= 15 is 0 Å². The highest BCUT2D eigenvalue weighted by molar-refractivity contribution is 5.19. The van der Waals surface area contributed by atoms with Gasteiger partial charge in [-0.25, -0.2) is 0 Å². The second-order valence-corrected chi connectivity index (χ2v) is 3.70. The first-order valence-corrected chi connectivity index (χ1v) is 5.10. The summed E-state index contributed by atoms with van der Waals surface area (Å²) in [6.45, 7) is 6.64. The van der Waals surface area contributed by atoms with Gasteiger partial charge in [-0.2, -0.15) is 0 Å². The molecule has 1 aromatic heterocycles. The van der Waals surface area contributed by atoms with Gasteiger partial charge in [-0.3, -0.25) is 4.68 Å². The molecule has 1 atom stereocenters. The summed E-state index contributed by atoms with van der Waals surface area (Å²) in [5, 5.41) is 11.4. The second-order valence-electron chi connectivity index (χ2n) is 3.70. The van der Waals surface area contributed by atoms with Crippen molar-refractivity contribution in [2.45, 2.75) is 12.5 Å². The Morgan fingerprint density at radius 3 is 3.40 bits per heavy atom. The molecule has 1 unspecified atom stereocenters. The molecule has 0 aliphatic carbocycles. The van der Waals surface area contributed by atoms with E-state index in [1.165, 1.54) is 5.69 Å². The number of nitrogens with one attached hydrogen (secondary N) is 1. The van der Waals surface area contributed by atoms with Crippen molar-refractivity contribution in [2.24, 2.45) is 7.05 Å². The Morgan fingerprint density at radius 2 is 2.60 bits per heavy atom. The van der Waals surface area contributed by atoms with Gasteiger partial charge in [0.1, 0.15) is 5.69 Å². The molecule has 15 heavy (non-hydrogen) atoms. The molecule has 0 saturated heterocycles. The summed E-state index contributed by atoms with van der Waals surface area (Å²) in [5.41, 5.74) is 2.23. The Kier molecular flexibility index (Phi) is 3.13. The fourth-order valence-electron chi connectivity index (χ4n) is 1.93. The van der Waals surface area contributed by atoms with E-state index in [9.17, 15) is 0 Å². The Balaban J connectivity index is 2.07. The van der Waals surface area contributed by atoms with Gasteiger partial charge < -0.3 is 10.1 Å². The third-order valence-corrected chi connectivity index (χ3v) is 2.57. The Labute approximate surface area is 89.1 Å². The van der Waals surface area contributed by atoms with Crippen LogP contribution in [0.15, 0.2) is 12.7 Å². The van der Waals surface area contributed by atoms with Crippen LogP contribution in [0, 0.1) is 0 Å². The maximum Gasteiger partial charge on any atom is 0.100 e. The summed E-state index contributed by atoms with van der Waals surface area (Å²) in [6.07, 6.45) is 1.76. The molecule has 82 valence electrons. The van der Waals surface area contributed by atoms with Gasteiger partial charge in [0.15, 0.2) is 0 Å². The predicted molar refractivity (Wildman–Crippen MR) is 56.5 cm³/mol. The molecule has 5 nitrogen and oxygen atoms in total. The first kappa shape index (κ1) is 10.3. The summed E-state index contributed by atoms with van der Waals surface area (Å²) >= 11 is 0. The van der Waals surface area contributed by atoms with Crippen molar-refractivity contribution in [3.05, 3.63) is 24.0 Å². The van der Waals surface area contributed by atoms with Gasteiger partial charge in [-0.05, 0) is 0 Å². The number of ether oxygens (including phenoxy) is 1. The monoisotopic (exact) mass is 208 g/mol. The van der Waals surface area contributed by atoms with Crippen LogP contribution in [0.3, 0.4) is 0 Å². The van der Waals surface area contributed by atoms with Gasteiger partial charge in [0.2, 0.25) is 0 Å². The first-order chi connectivity index (χ1) is 7.33. The highest BCUT2D eigenvalue weighted by atomic mass is 16.5. The molecule has 0 bridgehead atoms. The van der Waals surface area contributed by atoms with Gasteiger partial charge in [0.25, 0.3) is 0 Å². The Morgan fingerprint density at radius 1 is 1.73 bits per heavy atom. The summed E-state index contributed by atoms with van der Waals surface area (Å²) < 4.78 is 7.32. The molecule has 1 aromatic rings. The highest BCUT2D eigenvalue weighted by Crippen LogP contribution is 2.21. The zero-order valence-corrected chi connectivity index (χ0v) is 8.94. The lowest BCUT2D eigenvalue weighted by Crippen LogP contribution is -2.32. The molecule has 2 rings (SSSR count). The zero-order valence-electron chi connectivity index (χ0n) is 8.94. The van der Waals surface area contributed by atoms with Crippen molar-refractivity contribution >= 4 is 0 Å². The first-order valence-electron chi connectivity index (χ1n) is 5.10. The number of aromatic nitrogens is 3. The van der Waals surface area contributed by atoms with Crippen LogP contribution in [0.5, 0.6) is 0 Å². The van der Waals surface area contributed by atoms with Gasteiger partial charge in [0, 0.05) is 26.1 Å². The standard InChI is InChI=1S/C10H16N4O/c1-3-4-15-7-8-5-11-6-9-10(8)14(2)13-12-9/h3,8,11H,1,4-7H2,2H3. The van der Waals surface area contributed by atoms with Crippen molar-refractivity contribution in [3.8, 4) is 0 Å². The molecule has 0 radical (unpaired) electrons. The van der Waals surface area contributed by atoms with Crippen LogP contribution in [0.1, 0.15) is 17.3 Å². The lowest BCUT2D eigenvalue weighted by molar-refractivity contribution is 0.140. The van der Waals surface area contributed by atoms with E-state index in [2.05, 4.69) is 22.2 Å². The summed E-state index contributed by atoms with van der Waals surface area (Å²) in [4.78, 5) is 0. The Hall–Kier alpha value is -1.20. The van der Waals surface area contributed by atoms with Gasteiger partial charge in [0.05, 0.1) is 18.9 Å². The molecular weight excluding hydrogens is 192 g/mol. The normalized spacial score (nSPS) is 19.9. The van der Waals surface area contributed by atoms with E-state index in [4.69, 9.17) is 4.74 Å². The minimum Gasteiger partial charge on any atom is -0.377 e. The maximum atomic E-state index is 5.48. The van der Waals surface area contributed by atoms with Crippen molar-refractivity contribution in [2.75, 3.05) is 19.8 Å². The molecule has 1 aliphatic rings. The molecule has 0 fully saturated rings. The molecule has 0 amide bonds. The second kappa shape index (κ2) is 4.55. The molecule has 0 aromatic carbocycles. The maximum absolute atomic E-state index is 5.48. The minimum absolute atomic E-state index is 0.341. The van der Waals surface area contributed by atoms with E-state index in [-0.39, 0.29) is 0 Å². The largest absolute Gasteiger partial charge is 0.377 e. The zero-order chi connectivity index (χ0) is 10.7. The molecule has 1 aliphatic heterocycles. The fraction of sp³-hybridized carbons (Fsp3) is 0.600. The van der Waals surface area contributed by atoms with E-state index in [0.717, 1.165) is 18.8 Å². The summed E-state index contributed by atoms with van der Waals surface area (Å²) in [7, 11) is 1.93. The van der Waals surface area contributed by atoms with Gasteiger partial charge >= 0.3 is 0 Å². The molecule has 1 N–H and O–H groups in total. The van der Waals surface area contributed by atoms with E-state index in [1.807, 2.05) is 11.7 Å². The quantitative estimate of drug-likeness (QED) is 0.567. The van der Waals surface area contributed by atoms with Crippen molar-refractivity contribution in [1.29, 1.82) is 0 Å². The third kappa shape index (κ3) is 2.08. The third-order valence-electron chi connectivity index (χ3n) is 2.57. The number of aryl methyl sites for hydroxylation is 1. The van der Waals surface area contributed by atoms with Crippen LogP contribution in [0.25, 0.3) is 0 Å². The minimum atomic E-state index is 0.341. The average molecular weight is 208 g/mol.